The van der Waals surface area contributed by atoms with E-state index in [1.165, 1.54) is 0 Å². The fraction of sp³-hybridized carbons (Fsp3) is 0.500. The van der Waals surface area contributed by atoms with Crippen molar-refractivity contribution in [3.8, 4) is 0 Å². The Labute approximate surface area is 95.1 Å². The molecule has 1 aliphatic rings. The number of nitrogens with two attached hydrogens (primary N) is 1. The molecular weight excluding hydrogens is 210 g/mol. The number of aliphatic hydroxyl groups excluding tert-OH is 1. The van der Waals surface area contributed by atoms with E-state index in [-0.39, 0.29) is 0 Å². The minimum atomic E-state index is -0.656. The summed E-state index contributed by atoms with van der Waals surface area (Å²) >= 11 is 6.12. The maximum absolute atomic E-state index is 10.0. The van der Waals surface area contributed by atoms with E-state index in [4.69, 9.17) is 17.3 Å². The smallest absolute Gasteiger partial charge is 0.0762 e. The molecule has 15 heavy (non-hydrogen) atoms. The van der Waals surface area contributed by atoms with Gasteiger partial charge in [0.1, 0.15) is 0 Å². The molecule has 1 saturated carbocycles. The Balaban J connectivity index is 2.39. The van der Waals surface area contributed by atoms with Crippen LogP contribution < -0.4 is 5.73 Å². The second-order valence-corrected chi connectivity index (χ2v) is 4.69. The first-order valence-corrected chi connectivity index (χ1v) is 5.74. The Bertz CT molecular complexity index is 355. The Morgan fingerprint density at radius 3 is 2.73 bits per heavy atom. The summed E-state index contributed by atoms with van der Waals surface area (Å²) in [7, 11) is 0. The van der Waals surface area contributed by atoms with Gasteiger partial charge in [-0.05, 0) is 24.5 Å². The zero-order chi connectivity index (χ0) is 10.9. The van der Waals surface area contributed by atoms with Crippen LogP contribution in [0.4, 0.5) is 0 Å². The molecule has 1 aromatic rings. The van der Waals surface area contributed by atoms with Crippen LogP contribution in [-0.4, -0.2) is 11.2 Å². The summed E-state index contributed by atoms with van der Waals surface area (Å²) in [6, 6.07) is 7.53. The molecule has 3 N–H and O–H groups in total. The topological polar surface area (TPSA) is 46.2 Å². The highest BCUT2D eigenvalue weighted by molar-refractivity contribution is 6.31. The first-order chi connectivity index (χ1) is 7.14. The van der Waals surface area contributed by atoms with E-state index >= 15 is 0 Å². The van der Waals surface area contributed by atoms with Crippen molar-refractivity contribution in [2.45, 2.75) is 37.3 Å². The average Bonchev–Trinajstić information content (AvgIpc) is 2.23. The van der Waals surface area contributed by atoms with Gasteiger partial charge in [0.05, 0.1) is 11.6 Å². The van der Waals surface area contributed by atoms with Crippen molar-refractivity contribution in [1.82, 2.24) is 0 Å². The largest absolute Gasteiger partial charge is 0.391 e. The first kappa shape index (κ1) is 10.9. The van der Waals surface area contributed by atoms with Crippen molar-refractivity contribution in [3.63, 3.8) is 0 Å². The molecule has 1 aromatic carbocycles. The van der Waals surface area contributed by atoms with Crippen LogP contribution in [0, 0.1) is 0 Å². The molecule has 0 spiro atoms. The third-order valence-electron chi connectivity index (χ3n) is 3.29. The summed E-state index contributed by atoms with van der Waals surface area (Å²) in [5, 5.41) is 10.7. The molecule has 0 radical (unpaired) electrons. The molecule has 0 heterocycles. The third-order valence-corrected chi connectivity index (χ3v) is 3.62. The quantitative estimate of drug-likeness (QED) is 0.771. The van der Waals surface area contributed by atoms with E-state index in [1.54, 1.807) is 0 Å². The Morgan fingerprint density at radius 1 is 1.33 bits per heavy atom. The SMILES string of the molecule is N[C@@]1(c2ccccc2Cl)CCCC[C@H]1O. The molecule has 0 bridgehead atoms. The fourth-order valence-electron chi connectivity index (χ4n) is 2.33. The lowest BCUT2D eigenvalue weighted by Gasteiger charge is -2.39. The molecule has 82 valence electrons. The van der Waals surface area contributed by atoms with E-state index in [0.29, 0.717) is 5.02 Å². The summed E-state index contributed by atoms with van der Waals surface area (Å²) in [5.41, 5.74) is 6.51. The van der Waals surface area contributed by atoms with Crippen LogP contribution in [0.15, 0.2) is 24.3 Å². The molecule has 0 unspecified atom stereocenters. The van der Waals surface area contributed by atoms with E-state index in [9.17, 15) is 5.11 Å². The molecule has 2 rings (SSSR count). The predicted molar refractivity (Wildman–Crippen MR) is 61.8 cm³/mol. The first-order valence-electron chi connectivity index (χ1n) is 5.36. The van der Waals surface area contributed by atoms with Crippen molar-refractivity contribution < 1.29 is 5.11 Å². The van der Waals surface area contributed by atoms with Crippen molar-refractivity contribution in [3.05, 3.63) is 34.9 Å². The van der Waals surface area contributed by atoms with Gasteiger partial charge in [-0.2, -0.15) is 0 Å². The molecule has 0 aliphatic heterocycles. The molecule has 3 heteroatoms. The van der Waals surface area contributed by atoms with Crippen molar-refractivity contribution in [2.75, 3.05) is 0 Å². The standard InChI is InChI=1S/C12H16ClNO/c13-10-6-2-1-5-9(10)12(14)8-4-3-7-11(12)15/h1-2,5-6,11,15H,3-4,7-8,14H2/t11-,12-/m1/s1. The second-order valence-electron chi connectivity index (χ2n) is 4.28. The van der Waals surface area contributed by atoms with Crippen LogP contribution in [-0.2, 0) is 5.54 Å². The number of halogens is 1. The number of benzene rings is 1. The van der Waals surface area contributed by atoms with Gasteiger partial charge in [-0.3, -0.25) is 0 Å². The Hall–Kier alpha value is -0.570. The number of hydrogen-bond donors (Lipinski definition) is 2. The number of aliphatic hydroxyl groups is 1. The van der Waals surface area contributed by atoms with Crippen molar-refractivity contribution in [2.24, 2.45) is 5.73 Å². The zero-order valence-electron chi connectivity index (χ0n) is 8.62. The fourth-order valence-corrected chi connectivity index (χ4v) is 2.64. The monoisotopic (exact) mass is 225 g/mol. The van der Waals surface area contributed by atoms with E-state index in [1.807, 2.05) is 24.3 Å². The lowest BCUT2D eigenvalue weighted by atomic mass is 9.75. The number of rotatable bonds is 1. The summed E-state index contributed by atoms with van der Waals surface area (Å²) in [4.78, 5) is 0. The van der Waals surface area contributed by atoms with E-state index < -0.39 is 11.6 Å². The molecule has 1 aliphatic carbocycles. The second kappa shape index (κ2) is 4.12. The van der Waals surface area contributed by atoms with Crippen LogP contribution >= 0.6 is 11.6 Å². The lowest BCUT2D eigenvalue weighted by molar-refractivity contribution is 0.0450. The van der Waals surface area contributed by atoms with Gasteiger partial charge >= 0.3 is 0 Å². The highest BCUT2D eigenvalue weighted by Crippen LogP contribution is 2.38. The molecular formula is C12H16ClNO. The molecule has 0 amide bonds. The van der Waals surface area contributed by atoms with Gasteiger partial charge in [0, 0.05) is 5.02 Å². The van der Waals surface area contributed by atoms with Crippen molar-refractivity contribution >= 4 is 11.6 Å². The van der Waals surface area contributed by atoms with Gasteiger partial charge in [0.25, 0.3) is 0 Å². The van der Waals surface area contributed by atoms with Gasteiger partial charge in [-0.1, -0.05) is 42.6 Å². The summed E-state index contributed by atoms with van der Waals surface area (Å²) < 4.78 is 0. The Kier molecular flexibility index (Phi) is 3.01. The van der Waals surface area contributed by atoms with E-state index in [2.05, 4.69) is 0 Å². The maximum Gasteiger partial charge on any atom is 0.0762 e. The van der Waals surface area contributed by atoms with Gasteiger partial charge in [0.15, 0.2) is 0 Å². The molecule has 0 aromatic heterocycles. The minimum absolute atomic E-state index is 0.480. The normalized spacial score (nSPS) is 31.5. The minimum Gasteiger partial charge on any atom is -0.391 e. The van der Waals surface area contributed by atoms with Crippen LogP contribution in [0.25, 0.3) is 0 Å². The van der Waals surface area contributed by atoms with Crippen molar-refractivity contribution in [1.29, 1.82) is 0 Å². The van der Waals surface area contributed by atoms with Gasteiger partial charge in [-0.25, -0.2) is 0 Å². The molecule has 2 nitrogen and oxygen atoms in total. The van der Waals surface area contributed by atoms with Gasteiger partial charge in [-0.15, -0.1) is 0 Å². The summed E-state index contributed by atoms with van der Waals surface area (Å²) in [6.45, 7) is 0. The van der Waals surface area contributed by atoms with E-state index in [0.717, 1.165) is 31.2 Å². The molecule has 0 saturated heterocycles. The van der Waals surface area contributed by atoms with Gasteiger partial charge < -0.3 is 10.8 Å². The van der Waals surface area contributed by atoms with Crippen LogP contribution in [0.3, 0.4) is 0 Å². The maximum atomic E-state index is 10.0. The number of hydrogen-bond acceptors (Lipinski definition) is 2. The Morgan fingerprint density at radius 2 is 2.07 bits per heavy atom. The lowest BCUT2D eigenvalue weighted by Crippen LogP contribution is -2.50. The highest BCUT2D eigenvalue weighted by atomic mass is 35.5. The zero-order valence-corrected chi connectivity index (χ0v) is 9.37. The van der Waals surface area contributed by atoms with Gasteiger partial charge in [0.2, 0.25) is 0 Å². The predicted octanol–water partition coefficient (Wildman–Crippen LogP) is 2.43. The molecule has 1 fully saturated rings. The highest BCUT2D eigenvalue weighted by Gasteiger charge is 2.38. The average molecular weight is 226 g/mol. The summed E-state index contributed by atoms with van der Waals surface area (Å²) in [6.07, 6.45) is 3.19. The van der Waals surface area contributed by atoms with Crippen LogP contribution in [0.2, 0.25) is 5.02 Å². The summed E-state index contributed by atoms with van der Waals surface area (Å²) in [5.74, 6) is 0. The van der Waals surface area contributed by atoms with Crippen LogP contribution in [0.1, 0.15) is 31.2 Å². The van der Waals surface area contributed by atoms with Crippen LogP contribution in [0.5, 0.6) is 0 Å². The third kappa shape index (κ3) is 1.89. The molecule has 2 atom stereocenters.